The Balaban J connectivity index is 1.82. The van der Waals surface area contributed by atoms with Crippen LogP contribution in [0.4, 0.5) is 0 Å². The molecule has 1 aromatic carbocycles. The van der Waals surface area contributed by atoms with Crippen molar-refractivity contribution in [3.63, 3.8) is 0 Å². The van der Waals surface area contributed by atoms with Gasteiger partial charge in [-0.05, 0) is 30.5 Å². The summed E-state index contributed by atoms with van der Waals surface area (Å²) in [6.07, 6.45) is 0.996. The standard InChI is InChI=1S/C13H16ClNO3/c14-10-3-1-2-9(6-10)8-17-13(16)12-5-4-11(7-15)18-12/h1-3,6,11-12H,4-5,7-8,15H2. The summed E-state index contributed by atoms with van der Waals surface area (Å²) in [4.78, 5) is 11.7. The Morgan fingerprint density at radius 1 is 1.50 bits per heavy atom. The van der Waals surface area contributed by atoms with E-state index in [0.29, 0.717) is 18.0 Å². The van der Waals surface area contributed by atoms with Crippen LogP contribution in [0.2, 0.25) is 5.02 Å². The number of hydrogen-bond donors (Lipinski definition) is 1. The molecular weight excluding hydrogens is 254 g/mol. The highest BCUT2D eigenvalue weighted by Crippen LogP contribution is 2.20. The summed E-state index contributed by atoms with van der Waals surface area (Å²) in [7, 11) is 0. The van der Waals surface area contributed by atoms with Gasteiger partial charge in [0.15, 0.2) is 6.10 Å². The van der Waals surface area contributed by atoms with Gasteiger partial charge in [-0.15, -0.1) is 0 Å². The maximum atomic E-state index is 11.7. The van der Waals surface area contributed by atoms with Gasteiger partial charge >= 0.3 is 5.97 Å². The first kappa shape index (κ1) is 13.3. The molecule has 0 spiro atoms. The van der Waals surface area contributed by atoms with E-state index in [4.69, 9.17) is 26.8 Å². The highest BCUT2D eigenvalue weighted by Gasteiger charge is 2.30. The SMILES string of the molecule is NCC1CCC(C(=O)OCc2cccc(Cl)c2)O1. The smallest absolute Gasteiger partial charge is 0.335 e. The Kier molecular flexibility index (Phi) is 4.58. The van der Waals surface area contributed by atoms with Crippen molar-refractivity contribution in [1.29, 1.82) is 0 Å². The van der Waals surface area contributed by atoms with Crippen LogP contribution in [0, 0.1) is 0 Å². The molecule has 1 aromatic rings. The lowest BCUT2D eigenvalue weighted by molar-refractivity contribution is -0.157. The van der Waals surface area contributed by atoms with Crippen molar-refractivity contribution < 1.29 is 14.3 Å². The van der Waals surface area contributed by atoms with Crippen LogP contribution in [-0.4, -0.2) is 24.7 Å². The maximum absolute atomic E-state index is 11.7. The van der Waals surface area contributed by atoms with Gasteiger partial charge in [0.25, 0.3) is 0 Å². The molecule has 98 valence electrons. The van der Waals surface area contributed by atoms with Crippen LogP contribution in [0.15, 0.2) is 24.3 Å². The van der Waals surface area contributed by atoms with Crippen LogP contribution < -0.4 is 5.73 Å². The number of carbonyl (C=O) groups is 1. The van der Waals surface area contributed by atoms with E-state index in [1.54, 1.807) is 12.1 Å². The third-order valence-electron chi connectivity index (χ3n) is 2.90. The minimum absolute atomic E-state index is 0.0197. The second kappa shape index (κ2) is 6.18. The van der Waals surface area contributed by atoms with Crippen LogP contribution in [0.1, 0.15) is 18.4 Å². The molecule has 1 fully saturated rings. The average molecular weight is 270 g/mol. The Morgan fingerprint density at radius 2 is 2.33 bits per heavy atom. The molecule has 2 unspecified atom stereocenters. The molecule has 0 bridgehead atoms. The largest absolute Gasteiger partial charge is 0.459 e. The zero-order valence-corrected chi connectivity index (χ0v) is 10.7. The van der Waals surface area contributed by atoms with Crippen LogP contribution in [-0.2, 0) is 20.9 Å². The minimum atomic E-state index is -0.474. The van der Waals surface area contributed by atoms with E-state index in [0.717, 1.165) is 12.0 Å². The second-order valence-corrected chi connectivity index (χ2v) is 4.73. The fourth-order valence-electron chi connectivity index (χ4n) is 1.93. The number of halogens is 1. The number of ether oxygens (including phenoxy) is 2. The molecule has 2 atom stereocenters. The first-order valence-electron chi connectivity index (χ1n) is 5.95. The lowest BCUT2D eigenvalue weighted by Crippen LogP contribution is -2.26. The van der Waals surface area contributed by atoms with Gasteiger partial charge in [0.05, 0.1) is 6.10 Å². The van der Waals surface area contributed by atoms with Crippen LogP contribution >= 0.6 is 11.6 Å². The van der Waals surface area contributed by atoms with Crippen molar-refractivity contribution in [2.24, 2.45) is 5.73 Å². The molecule has 1 aliphatic rings. The second-order valence-electron chi connectivity index (χ2n) is 4.30. The molecule has 2 rings (SSSR count). The van der Waals surface area contributed by atoms with Crippen molar-refractivity contribution in [3.05, 3.63) is 34.9 Å². The number of nitrogens with two attached hydrogens (primary N) is 1. The predicted molar refractivity (Wildman–Crippen MR) is 68.2 cm³/mol. The fourth-order valence-corrected chi connectivity index (χ4v) is 2.14. The number of carbonyl (C=O) groups excluding carboxylic acids is 1. The van der Waals surface area contributed by atoms with Crippen molar-refractivity contribution >= 4 is 17.6 Å². The molecule has 4 nitrogen and oxygen atoms in total. The van der Waals surface area contributed by atoms with E-state index < -0.39 is 6.10 Å². The summed E-state index contributed by atoms with van der Waals surface area (Å²) in [6, 6.07) is 7.23. The van der Waals surface area contributed by atoms with Crippen molar-refractivity contribution in [2.75, 3.05) is 6.54 Å². The number of benzene rings is 1. The Morgan fingerprint density at radius 3 is 3.00 bits per heavy atom. The van der Waals surface area contributed by atoms with Crippen molar-refractivity contribution in [1.82, 2.24) is 0 Å². The van der Waals surface area contributed by atoms with E-state index in [1.807, 2.05) is 12.1 Å². The van der Waals surface area contributed by atoms with Gasteiger partial charge in [0.2, 0.25) is 0 Å². The van der Waals surface area contributed by atoms with Gasteiger partial charge in [-0.2, -0.15) is 0 Å². The van der Waals surface area contributed by atoms with E-state index in [-0.39, 0.29) is 18.7 Å². The molecule has 1 saturated heterocycles. The third-order valence-corrected chi connectivity index (χ3v) is 3.14. The molecule has 1 heterocycles. The molecule has 1 aliphatic heterocycles. The average Bonchev–Trinajstić information content (AvgIpc) is 2.85. The Bertz CT molecular complexity index is 424. The van der Waals surface area contributed by atoms with Gasteiger partial charge in [-0.25, -0.2) is 4.79 Å². The summed E-state index contributed by atoms with van der Waals surface area (Å²) >= 11 is 5.85. The number of rotatable bonds is 4. The van der Waals surface area contributed by atoms with Gasteiger partial charge in [-0.3, -0.25) is 0 Å². The van der Waals surface area contributed by atoms with Crippen LogP contribution in [0.5, 0.6) is 0 Å². The van der Waals surface area contributed by atoms with Gasteiger partial charge < -0.3 is 15.2 Å². The van der Waals surface area contributed by atoms with Crippen LogP contribution in [0.25, 0.3) is 0 Å². The lowest BCUT2D eigenvalue weighted by atomic mass is 10.2. The van der Waals surface area contributed by atoms with E-state index in [1.165, 1.54) is 0 Å². The summed E-state index contributed by atoms with van der Waals surface area (Å²) in [5.74, 6) is -0.328. The monoisotopic (exact) mass is 269 g/mol. The molecule has 18 heavy (non-hydrogen) atoms. The van der Waals surface area contributed by atoms with Gasteiger partial charge in [0.1, 0.15) is 6.61 Å². The van der Waals surface area contributed by atoms with Crippen molar-refractivity contribution in [2.45, 2.75) is 31.7 Å². The minimum Gasteiger partial charge on any atom is -0.459 e. The quantitative estimate of drug-likeness (QED) is 0.848. The van der Waals surface area contributed by atoms with Crippen molar-refractivity contribution in [3.8, 4) is 0 Å². The topological polar surface area (TPSA) is 61.6 Å². The number of hydrogen-bond acceptors (Lipinski definition) is 4. The predicted octanol–water partition coefficient (Wildman–Crippen LogP) is 1.89. The van der Waals surface area contributed by atoms with E-state index in [2.05, 4.69) is 0 Å². The lowest BCUT2D eigenvalue weighted by Gasteiger charge is -2.12. The molecule has 0 radical (unpaired) electrons. The van der Waals surface area contributed by atoms with Gasteiger partial charge in [0, 0.05) is 11.6 Å². The summed E-state index contributed by atoms with van der Waals surface area (Å²) < 4.78 is 10.7. The highest BCUT2D eigenvalue weighted by atomic mass is 35.5. The summed E-state index contributed by atoms with van der Waals surface area (Å²) in [5.41, 5.74) is 6.35. The first-order valence-corrected chi connectivity index (χ1v) is 6.33. The molecule has 0 amide bonds. The summed E-state index contributed by atoms with van der Waals surface area (Å²) in [5, 5.41) is 0.629. The molecule has 0 aliphatic carbocycles. The van der Waals surface area contributed by atoms with Crippen LogP contribution in [0.3, 0.4) is 0 Å². The summed E-state index contributed by atoms with van der Waals surface area (Å²) in [6.45, 7) is 0.657. The molecular formula is C13H16ClNO3. The van der Waals surface area contributed by atoms with E-state index >= 15 is 0 Å². The Labute approximate surface area is 111 Å². The normalized spacial score (nSPS) is 23.0. The molecule has 5 heteroatoms. The van der Waals surface area contributed by atoms with Gasteiger partial charge in [-0.1, -0.05) is 23.7 Å². The first-order chi connectivity index (χ1) is 8.69. The number of esters is 1. The fraction of sp³-hybridized carbons (Fsp3) is 0.462. The maximum Gasteiger partial charge on any atom is 0.335 e. The highest BCUT2D eigenvalue weighted by molar-refractivity contribution is 6.30. The molecule has 0 saturated carbocycles. The molecule has 0 aromatic heterocycles. The molecule has 2 N–H and O–H groups in total. The zero-order valence-electron chi connectivity index (χ0n) is 9.97. The van der Waals surface area contributed by atoms with E-state index in [9.17, 15) is 4.79 Å². The zero-order chi connectivity index (χ0) is 13.0. The third kappa shape index (κ3) is 3.45. The Hall–Kier alpha value is -1.10.